The van der Waals surface area contributed by atoms with E-state index in [0.29, 0.717) is 36.0 Å². The van der Waals surface area contributed by atoms with Crippen molar-refractivity contribution >= 4 is 28.6 Å². The molecule has 2 N–H and O–H groups in total. The minimum Gasteiger partial charge on any atom is -0.406 e. The van der Waals surface area contributed by atoms with Gasteiger partial charge < -0.3 is 15.4 Å². The minimum atomic E-state index is -4.82. The lowest BCUT2D eigenvalue weighted by atomic mass is 10.0. The summed E-state index contributed by atoms with van der Waals surface area (Å²) in [6.07, 6.45) is -2.31. The summed E-state index contributed by atoms with van der Waals surface area (Å²) >= 11 is 0. The Morgan fingerprint density at radius 3 is 2.56 bits per heavy atom. The molecule has 1 fully saturated rings. The van der Waals surface area contributed by atoms with Gasteiger partial charge in [0.05, 0.1) is 18.0 Å². The summed E-state index contributed by atoms with van der Waals surface area (Å²) in [5, 5.41) is 0.721. The topological polar surface area (TPSA) is 94.6 Å². The van der Waals surface area contributed by atoms with Gasteiger partial charge in [0, 0.05) is 24.5 Å². The van der Waals surface area contributed by atoms with Crippen molar-refractivity contribution in [3.63, 3.8) is 0 Å². The highest BCUT2D eigenvalue weighted by Gasteiger charge is 2.34. The highest BCUT2D eigenvalue weighted by molar-refractivity contribution is 5.97. The Bertz CT molecular complexity index is 1250. The number of rotatable bonds is 6. The standard InChI is InChI=1S/C24H22F3N3O4/c25-24(26,27)34-17-6-3-5-15(11-17)12-21(31)20-9-4-10-29(20)22(32)13-16-14-30(23(28)33)19-8-2-1-7-18(16)19/h1-3,5-8,11,14,20H,4,9-10,12-13H2,(H2,28,33)/t20-/m0/s1. The fourth-order valence-electron chi connectivity index (χ4n) is 4.41. The SMILES string of the molecule is NC(=O)n1cc(CC(=O)N2CCC[C@H]2C(=O)Cc2cccc(OC(F)(F)F)c2)c2ccccc21. The van der Waals surface area contributed by atoms with Crippen molar-refractivity contribution in [3.05, 3.63) is 65.9 Å². The molecule has 3 aromatic rings. The summed E-state index contributed by atoms with van der Waals surface area (Å²) < 4.78 is 42.6. The molecule has 4 rings (SSSR count). The first-order chi connectivity index (χ1) is 16.1. The van der Waals surface area contributed by atoms with Crippen molar-refractivity contribution in [3.8, 4) is 5.75 Å². The van der Waals surface area contributed by atoms with Gasteiger partial charge in [0.25, 0.3) is 0 Å². The summed E-state index contributed by atoms with van der Waals surface area (Å²) in [7, 11) is 0. The van der Waals surface area contributed by atoms with Crippen LogP contribution in [-0.4, -0.2) is 46.1 Å². The summed E-state index contributed by atoms with van der Waals surface area (Å²) in [6.45, 7) is 0.404. The number of ether oxygens (including phenoxy) is 1. The first-order valence-corrected chi connectivity index (χ1v) is 10.7. The number of alkyl halides is 3. The maximum atomic E-state index is 13.1. The summed E-state index contributed by atoms with van der Waals surface area (Å²) in [5.41, 5.74) is 7.02. The van der Waals surface area contributed by atoms with E-state index in [-0.39, 0.29) is 24.5 Å². The number of carbonyl (C=O) groups excluding carboxylic acids is 3. The molecule has 1 aliphatic rings. The zero-order valence-electron chi connectivity index (χ0n) is 18.0. The van der Waals surface area contributed by atoms with Crippen LogP contribution in [0.2, 0.25) is 0 Å². The van der Waals surface area contributed by atoms with Crippen LogP contribution < -0.4 is 10.5 Å². The number of carbonyl (C=O) groups is 3. The fraction of sp³-hybridized carbons (Fsp3) is 0.292. The van der Waals surface area contributed by atoms with Crippen LogP contribution in [0.15, 0.2) is 54.7 Å². The molecular weight excluding hydrogens is 451 g/mol. The van der Waals surface area contributed by atoms with E-state index in [0.717, 1.165) is 11.5 Å². The lowest BCUT2D eigenvalue weighted by Gasteiger charge is -2.24. The Labute approximate surface area is 192 Å². The Kier molecular flexibility index (Phi) is 6.32. The van der Waals surface area contributed by atoms with Crippen LogP contribution in [0, 0.1) is 0 Å². The number of hydrogen-bond donors (Lipinski definition) is 1. The number of primary amides is 1. The molecule has 7 nitrogen and oxygen atoms in total. The third-order valence-electron chi connectivity index (χ3n) is 5.83. The van der Waals surface area contributed by atoms with Gasteiger partial charge in [-0.15, -0.1) is 13.2 Å². The van der Waals surface area contributed by atoms with Crippen molar-refractivity contribution in [2.45, 2.75) is 38.1 Å². The number of halogens is 3. The maximum absolute atomic E-state index is 13.1. The molecule has 2 amide bonds. The molecule has 0 saturated carbocycles. The van der Waals surface area contributed by atoms with Gasteiger partial charge in [-0.05, 0) is 42.2 Å². The zero-order valence-corrected chi connectivity index (χ0v) is 18.0. The lowest BCUT2D eigenvalue weighted by Crippen LogP contribution is -2.42. The van der Waals surface area contributed by atoms with Gasteiger partial charge in [0.2, 0.25) is 5.91 Å². The molecule has 178 valence electrons. The average molecular weight is 473 g/mol. The molecule has 10 heteroatoms. The molecule has 1 aromatic heterocycles. The van der Waals surface area contributed by atoms with Gasteiger partial charge in [-0.2, -0.15) is 0 Å². The third-order valence-corrected chi connectivity index (χ3v) is 5.83. The molecule has 0 bridgehead atoms. The van der Waals surface area contributed by atoms with E-state index in [4.69, 9.17) is 5.73 Å². The van der Waals surface area contributed by atoms with Crippen LogP contribution in [0.3, 0.4) is 0 Å². The van der Waals surface area contributed by atoms with E-state index in [1.807, 2.05) is 0 Å². The number of likely N-dealkylation sites (tertiary alicyclic amines) is 1. The second kappa shape index (κ2) is 9.20. The van der Waals surface area contributed by atoms with Crippen molar-refractivity contribution in [1.82, 2.24) is 9.47 Å². The number of hydrogen-bond acceptors (Lipinski definition) is 4. The molecular formula is C24H22F3N3O4. The summed E-state index contributed by atoms with van der Waals surface area (Å²) in [4.78, 5) is 39.3. The van der Waals surface area contributed by atoms with Crippen molar-refractivity contribution < 1.29 is 32.3 Å². The van der Waals surface area contributed by atoms with Gasteiger partial charge in [0.1, 0.15) is 5.75 Å². The average Bonchev–Trinajstić information content (AvgIpc) is 3.38. The number of nitrogens with zero attached hydrogens (tertiary/aromatic N) is 2. The summed E-state index contributed by atoms with van der Waals surface area (Å²) in [6, 6.07) is 11.0. The third kappa shape index (κ3) is 5.05. The molecule has 1 atom stereocenters. The second-order valence-electron chi connectivity index (χ2n) is 8.14. The van der Waals surface area contributed by atoms with Crippen LogP contribution >= 0.6 is 0 Å². The molecule has 1 saturated heterocycles. The van der Waals surface area contributed by atoms with E-state index in [9.17, 15) is 27.6 Å². The van der Waals surface area contributed by atoms with Gasteiger partial charge in [-0.1, -0.05) is 30.3 Å². The molecule has 0 aliphatic carbocycles. The Morgan fingerprint density at radius 2 is 1.82 bits per heavy atom. The number of fused-ring (bicyclic) bond motifs is 1. The van der Waals surface area contributed by atoms with E-state index in [1.165, 1.54) is 27.8 Å². The van der Waals surface area contributed by atoms with Gasteiger partial charge >= 0.3 is 12.4 Å². The number of amides is 2. The van der Waals surface area contributed by atoms with Crippen molar-refractivity contribution in [2.75, 3.05) is 6.54 Å². The monoisotopic (exact) mass is 473 g/mol. The summed E-state index contributed by atoms with van der Waals surface area (Å²) in [5.74, 6) is -0.921. The number of para-hydroxylation sites is 1. The normalized spacial score (nSPS) is 16.1. The predicted molar refractivity (Wildman–Crippen MR) is 117 cm³/mol. The molecule has 2 aromatic carbocycles. The van der Waals surface area contributed by atoms with Crippen LogP contribution in [0.5, 0.6) is 5.75 Å². The molecule has 34 heavy (non-hydrogen) atoms. The quantitative estimate of drug-likeness (QED) is 0.589. The van der Waals surface area contributed by atoms with Crippen LogP contribution in [-0.2, 0) is 22.4 Å². The smallest absolute Gasteiger partial charge is 0.406 e. The van der Waals surface area contributed by atoms with E-state index < -0.39 is 24.2 Å². The second-order valence-corrected chi connectivity index (χ2v) is 8.14. The lowest BCUT2D eigenvalue weighted by molar-refractivity contribution is -0.274. The molecule has 0 spiro atoms. The van der Waals surface area contributed by atoms with Gasteiger partial charge in [0.15, 0.2) is 5.78 Å². The number of nitrogens with two attached hydrogens (primary N) is 1. The molecule has 2 heterocycles. The first-order valence-electron chi connectivity index (χ1n) is 10.7. The van der Waals surface area contributed by atoms with Crippen LogP contribution in [0.1, 0.15) is 24.0 Å². The highest BCUT2D eigenvalue weighted by Crippen LogP contribution is 2.27. The number of benzene rings is 2. The molecule has 0 radical (unpaired) electrons. The zero-order chi connectivity index (χ0) is 24.5. The minimum absolute atomic E-state index is 0.0144. The number of aromatic nitrogens is 1. The Balaban J connectivity index is 1.48. The maximum Gasteiger partial charge on any atom is 0.573 e. The molecule has 1 aliphatic heterocycles. The van der Waals surface area contributed by atoms with Crippen LogP contribution in [0.25, 0.3) is 10.9 Å². The highest BCUT2D eigenvalue weighted by atomic mass is 19.4. The van der Waals surface area contributed by atoms with E-state index >= 15 is 0 Å². The van der Waals surface area contributed by atoms with Crippen molar-refractivity contribution in [2.24, 2.45) is 5.73 Å². The number of ketones is 1. The largest absolute Gasteiger partial charge is 0.573 e. The number of Topliss-reactive ketones (excluding diaryl/α,β-unsaturated/α-hetero) is 1. The van der Waals surface area contributed by atoms with E-state index in [1.54, 1.807) is 30.3 Å². The first kappa shape index (κ1) is 23.3. The van der Waals surface area contributed by atoms with E-state index in [2.05, 4.69) is 4.74 Å². The Morgan fingerprint density at radius 1 is 1.06 bits per heavy atom. The van der Waals surface area contributed by atoms with Gasteiger partial charge in [-0.25, -0.2) is 4.79 Å². The van der Waals surface area contributed by atoms with Gasteiger partial charge in [-0.3, -0.25) is 14.2 Å². The Hall–Kier alpha value is -3.82. The molecule has 0 unspecified atom stereocenters. The fourth-order valence-corrected chi connectivity index (χ4v) is 4.41. The van der Waals surface area contributed by atoms with Crippen molar-refractivity contribution in [1.29, 1.82) is 0 Å². The van der Waals surface area contributed by atoms with Crippen LogP contribution in [0.4, 0.5) is 18.0 Å². The predicted octanol–water partition coefficient (Wildman–Crippen LogP) is 3.81.